The first-order valence-corrected chi connectivity index (χ1v) is 13.2. The number of para-hydroxylation sites is 1. The second-order valence-electron chi connectivity index (χ2n) is 9.48. The van der Waals surface area contributed by atoms with Crippen LogP contribution >= 0.6 is 0 Å². The van der Waals surface area contributed by atoms with Crippen molar-refractivity contribution in [1.82, 2.24) is 25.0 Å². The Morgan fingerprint density at radius 3 is 2.59 bits per heavy atom. The van der Waals surface area contributed by atoms with Gasteiger partial charge in [-0.05, 0) is 24.3 Å². The summed E-state index contributed by atoms with van der Waals surface area (Å²) < 4.78 is 13.3. The molecule has 2 N–H and O–H groups in total. The lowest BCUT2D eigenvalue weighted by atomic mass is 10.0. The number of benzodiazepines with no additional fused rings is 1. The van der Waals surface area contributed by atoms with Crippen LogP contribution < -0.4 is 15.5 Å². The molecule has 7 rings (SSSR count). The number of hydrogen-bond acceptors (Lipinski definition) is 10. The molecular formula is C29H25N9O3. The van der Waals surface area contributed by atoms with Crippen molar-refractivity contribution < 1.29 is 13.9 Å². The summed E-state index contributed by atoms with van der Waals surface area (Å²) in [5, 5.41) is 18.8. The number of fused-ring (bicyclic) bond motifs is 1. The van der Waals surface area contributed by atoms with Crippen LogP contribution in [-0.4, -0.2) is 69.0 Å². The van der Waals surface area contributed by atoms with Crippen molar-refractivity contribution >= 4 is 29.0 Å². The highest BCUT2D eigenvalue weighted by Crippen LogP contribution is 2.34. The van der Waals surface area contributed by atoms with Gasteiger partial charge in [-0.3, -0.25) is 4.79 Å². The minimum Gasteiger partial charge on any atom is -0.403 e. The molecule has 5 aromatic rings. The Bertz CT molecular complexity index is 1710. The zero-order chi connectivity index (χ0) is 27.6. The second-order valence-corrected chi connectivity index (χ2v) is 9.48. The van der Waals surface area contributed by atoms with Crippen LogP contribution in [0.3, 0.4) is 0 Å². The number of nitrogens with one attached hydrogen (secondary N) is 2. The Morgan fingerprint density at radius 1 is 0.927 bits per heavy atom. The van der Waals surface area contributed by atoms with Crippen molar-refractivity contribution in [3.8, 4) is 17.1 Å². The normalized spacial score (nSPS) is 16.9. The van der Waals surface area contributed by atoms with E-state index in [2.05, 4.69) is 35.8 Å². The molecule has 12 nitrogen and oxygen atoms in total. The molecule has 12 heteroatoms. The minimum atomic E-state index is -1.00. The SMILES string of the molecule is O=C1Nc2ccccc2C(c2ccccc2)=NC1Nc1nnc(-c2ccc(-n3cncn3)cc2N2CCOCC2)o1. The molecular weight excluding hydrogens is 522 g/mol. The van der Waals surface area contributed by atoms with E-state index < -0.39 is 6.17 Å². The van der Waals surface area contributed by atoms with E-state index in [0.717, 1.165) is 28.1 Å². The van der Waals surface area contributed by atoms with Crippen molar-refractivity contribution in [1.29, 1.82) is 0 Å². The molecule has 3 aromatic carbocycles. The number of rotatable bonds is 6. The maximum Gasteiger partial charge on any atom is 0.317 e. The number of amides is 1. The summed E-state index contributed by atoms with van der Waals surface area (Å²) in [6.07, 6.45) is 2.14. The minimum absolute atomic E-state index is 0.0792. The number of aromatic nitrogens is 5. The predicted octanol–water partition coefficient (Wildman–Crippen LogP) is 3.38. The number of benzene rings is 3. The van der Waals surface area contributed by atoms with Crippen molar-refractivity contribution in [3.05, 3.63) is 96.6 Å². The summed E-state index contributed by atoms with van der Waals surface area (Å²) in [6, 6.07) is 23.2. The van der Waals surface area contributed by atoms with Crippen molar-refractivity contribution in [2.45, 2.75) is 6.17 Å². The topological polar surface area (TPSA) is 136 Å². The molecule has 2 aromatic heterocycles. The number of hydrogen-bond donors (Lipinski definition) is 2. The quantitative estimate of drug-likeness (QED) is 0.328. The first kappa shape index (κ1) is 24.7. The van der Waals surface area contributed by atoms with E-state index in [-0.39, 0.29) is 11.9 Å². The molecule has 1 amide bonds. The molecule has 1 unspecified atom stereocenters. The average Bonchev–Trinajstić information content (AvgIpc) is 3.71. The maximum absolute atomic E-state index is 13.2. The molecule has 0 spiro atoms. The molecule has 0 saturated carbocycles. The molecule has 1 fully saturated rings. The highest BCUT2D eigenvalue weighted by atomic mass is 16.5. The van der Waals surface area contributed by atoms with Gasteiger partial charge in [-0.15, -0.1) is 5.10 Å². The fourth-order valence-corrected chi connectivity index (χ4v) is 4.94. The molecule has 4 heterocycles. The summed E-state index contributed by atoms with van der Waals surface area (Å²) in [6.45, 7) is 2.66. The van der Waals surface area contributed by atoms with Crippen LogP contribution in [0.25, 0.3) is 17.1 Å². The number of nitrogens with zero attached hydrogens (tertiary/aromatic N) is 7. The fourth-order valence-electron chi connectivity index (χ4n) is 4.94. The zero-order valence-corrected chi connectivity index (χ0v) is 21.8. The van der Waals surface area contributed by atoms with Crippen LogP contribution in [0.5, 0.6) is 0 Å². The smallest absolute Gasteiger partial charge is 0.317 e. The van der Waals surface area contributed by atoms with Gasteiger partial charge in [0.25, 0.3) is 11.8 Å². The van der Waals surface area contributed by atoms with E-state index >= 15 is 0 Å². The number of carbonyl (C=O) groups is 1. The molecule has 1 atom stereocenters. The van der Waals surface area contributed by atoms with Crippen molar-refractivity contribution in [2.75, 3.05) is 41.8 Å². The Labute approximate surface area is 234 Å². The van der Waals surface area contributed by atoms with Gasteiger partial charge in [0.05, 0.1) is 41.6 Å². The van der Waals surface area contributed by atoms with Crippen LogP contribution in [0.15, 0.2) is 94.9 Å². The Hall–Kier alpha value is -5.36. The van der Waals surface area contributed by atoms with E-state index in [0.29, 0.717) is 43.6 Å². The predicted molar refractivity (Wildman–Crippen MR) is 152 cm³/mol. The highest BCUT2D eigenvalue weighted by molar-refractivity contribution is 6.19. The van der Waals surface area contributed by atoms with Crippen LogP contribution in [-0.2, 0) is 9.53 Å². The maximum atomic E-state index is 13.2. The van der Waals surface area contributed by atoms with Gasteiger partial charge in [0.2, 0.25) is 6.17 Å². The average molecular weight is 548 g/mol. The Kier molecular flexibility index (Phi) is 6.41. The van der Waals surface area contributed by atoms with E-state index in [9.17, 15) is 4.79 Å². The lowest BCUT2D eigenvalue weighted by Gasteiger charge is -2.30. The van der Waals surface area contributed by atoms with Crippen LogP contribution in [0.4, 0.5) is 17.4 Å². The molecule has 0 bridgehead atoms. The number of ether oxygens (including phenoxy) is 1. The standard InChI is InChI=1S/C29H25N9O3/c39-27-26(33-25(19-6-2-1-3-7-19)21-8-4-5-9-23(21)32-27)34-29-36-35-28(41-29)22-11-10-20(38-18-30-17-31-38)16-24(22)37-12-14-40-15-13-37/h1-11,16-18,26H,12-15H2,(H,32,39)(H,34,36). The van der Waals surface area contributed by atoms with Gasteiger partial charge >= 0.3 is 6.01 Å². The van der Waals surface area contributed by atoms with Gasteiger partial charge in [-0.2, -0.15) is 5.10 Å². The highest BCUT2D eigenvalue weighted by Gasteiger charge is 2.28. The molecule has 204 valence electrons. The van der Waals surface area contributed by atoms with E-state index in [4.69, 9.17) is 14.1 Å². The number of anilines is 3. The first-order chi connectivity index (χ1) is 20.2. The van der Waals surface area contributed by atoms with Gasteiger partial charge in [-0.25, -0.2) is 14.7 Å². The van der Waals surface area contributed by atoms with E-state index in [1.165, 1.54) is 6.33 Å². The zero-order valence-electron chi connectivity index (χ0n) is 21.8. The Morgan fingerprint density at radius 2 is 1.76 bits per heavy atom. The first-order valence-electron chi connectivity index (χ1n) is 13.2. The summed E-state index contributed by atoms with van der Waals surface area (Å²) in [4.78, 5) is 24.3. The Balaban J connectivity index is 1.22. The molecule has 2 aliphatic heterocycles. The van der Waals surface area contributed by atoms with Crippen molar-refractivity contribution in [3.63, 3.8) is 0 Å². The van der Waals surface area contributed by atoms with E-state index in [1.807, 2.05) is 72.8 Å². The monoisotopic (exact) mass is 547 g/mol. The molecule has 0 aliphatic carbocycles. The summed E-state index contributed by atoms with van der Waals surface area (Å²) in [5.41, 5.74) is 5.57. The van der Waals surface area contributed by atoms with Crippen molar-refractivity contribution in [2.24, 2.45) is 4.99 Å². The number of morpholine rings is 1. The fraction of sp³-hybridized carbons (Fsp3) is 0.172. The van der Waals surface area contributed by atoms with Gasteiger partial charge in [0, 0.05) is 24.2 Å². The third-order valence-electron chi connectivity index (χ3n) is 6.93. The number of carbonyl (C=O) groups excluding carboxylic acids is 1. The lowest BCUT2D eigenvalue weighted by molar-refractivity contribution is -0.116. The summed E-state index contributed by atoms with van der Waals surface area (Å²) in [5.74, 6) is -0.0296. The van der Waals surface area contributed by atoms with E-state index in [1.54, 1.807) is 11.0 Å². The third-order valence-corrected chi connectivity index (χ3v) is 6.93. The number of aliphatic imine (C=N–C) groups is 1. The van der Waals surface area contributed by atoms with Crippen LogP contribution in [0.1, 0.15) is 11.1 Å². The molecule has 0 radical (unpaired) electrons. The third kappa shape index (κ3) is 4.92. The van der Waals surface area contributed by atoms with Gasteiger partial charge < -0.3 is 24.7 Å². The van der Waals surface area contributed by atoms with Crippen LogP contribution in [0, 0.1) is 0 Å². The molecule has 2 aliphatic rings. The van der Waals surface area contributed by atoms with Gasteiger partial charge in [-0.1, -0.05) is 53.6 Å². The van der Waals surface area contributed by atoms with Crippen LogP contribution in [0.2, 0.25) is 0 Å². The summed E-state index contributed by atoms with van der Waals surface area (Å²) in [7, 11) is 0. The summed E-state index contributed by atoms with van der Waals surface area (Å²) >= 11 is 0. The van der Waals surface area contributed by atoms with Gasteiger partial charge in [0.15, 0.2) is 0 Å². The molecule has 1 saturated heterocycles. The lowest BCUT2D eigenvalue weighted by Crippen LogP contribution is -2.36. The second kappa shape index (κ2) is 10.7. The van der Waals surface area contributed by atoms with Gasteiger partial charge in [0.1, 0.15) is 12.7 Å². The largest absolute Gasteiger partial charge is 0.403 e. The molecule has 41 heavy (non-hydrogen) atoms.